The van der Waals surface area contributed by atoms with Crippen LogP contribution in [0.1, 0.15) is 37.3 Å². The monoisotopic (exact) mass is 343 g/mol. The maximum Gasteiger partial charge on any atom is 0.161 e. The summed E-state index contributed by atoms with van der Waals surface area (Å²) in [7, 11) is 1.67. The SMILES string of the molecule is CCCOc1ccc(CC(CN)c2ccccc2OCC)cc1OC. The third-order valence-electron chi connectivity index (χ3n) is 4.12. The zero-order valence-corrected chi connectivity index (χ0v) is 15.5. The molecule has 0 radical (unpaired) electrons. The van der Waals surface area contributed by atoms with Crippen molar-refractivity contribution < 1.29 is 14.2 Å². The second kappa shape index (κ2) is 9.94. The van der Waals surface area contributed by atoms with Crippen LogP contribution in [-0.2, 0) is 6.42 Å². The molecule has 4 heteroatoms. The Labute approximate surface area is 150 Å². The lowest BCUT2D eigenvalue weighted by atomic mass is 9.91. The standard InChI is InChI=1S/C21H29NO3/c1-4-12-25-20-11-10-16(14-21(20)23-3)13-17(15-22)18-8-6-7-9-19(18)24-5-2/h6-11,14,17H,4-5,12-13,15,22H2,1-3H3. The van der Waals surface area contributed by atoms with E-state index in [0.717, 1.165) is 35.7 Å². The molecule has 2 aromatic carbocycles. The van der Waals surface area contributed by atoms with Crippen molar-refractivity contribution in [3.8, 4) is 17.2 Å². The first kappa shape index (κ1) is 19.1. The Balaban J connectivity index is 2.21. The molecule has 0 amide bonds. The molecular formula is C21H29NO3. The van der Waals surface area contributed by atoms with Crippen LogP contribution in [0.2, 0.25) is 0 Å². The molecule has 0 aliphatic heterocycles. The molecule has 2 N–H and O–H groups in total. The van der Waals surface area contributed by atoms with Crippen molar-refractivity contribution >= 4 is 0 Å². The number of nitrogens with two attached hydrogens (primary N) is 1. The largest absolute Gasteiger partial charge is 0.494 e. The first-order chi connectivity index (χ1) is 12.2. The van der Waals surface area contributed by atoms with Gasteiger partial charge >= 0.3 is 0 Å². The number of rotatable bonds is 10. The molecule has 4 nitrogen and oxygen atoms in total. The molecular weight excluding hydrogens is 314 g/mol. The van der Waals surface area contributed by atoms with Crippen molar-refractivity contribution in [2.24, 2.45) is 5.73 Å². The van der Waals surface area contributed by atoms with Gasteiger partial charge in [0.15, 0.2) is 11.5 Å². The van der Waals surface area contributed by atoms with Gasteiger partial charge in [0.2, 0.25) is 0 Å². The van der Waals surface area contributed by atoms with Crippen molar-refractivity contribution in [2.75, 3.05) is 26.9 Å². The highest BCUT2D eigenvalue weighted by Gasteiger charge is 2.16. The Hall–Kier alpha value is -2.20. The molecule has 0 heterocycles. The summed E-state index contributed by atoms with van der Waals surface area (Å²) in [5.41, 5.74) is 8.39. The van der Waals surface area contributed by atoms with Crippen molar-refractivity contribution in [1.82, 2.24) is 0 Å². The molecule has 0 aliphatic carbocycles. The highest BCUT2D eigenvalue weighted by molar-refractivity contribution is 5.44. The number of hydrogen-bond acceptors (Lipinski definition) is 4. The van der Waals surface area contributed by atoms with Crippen LogP contribution in [0.15, 0.2) is 42.5 Å². The van der Waals surface area contributed by atoms with E-state index in [0.29, 0.717) is 19.8 Å². The third-order valence-corrected chi connectivity index (χ3v) is 4.12. The van der Waals surface area contributed by atoms with Crippen molar-refractivity contribution in [3.05, 3.63) is 53.6 Å². The second-order valence-electron chi connectivity index (χ2n) is 5.94. The topological polar surface area (TPSA) is 53.7 Å². The van der Waals surface area contributed by atoms with Gasteiger partial charge in [-0.15, -0.1) is 0 Å². The molecule has 0 fully saturated rings. The van der Waals surface area contributed by atoms with Gasteiger partial charge < -0.3 is 19.9 Å². The molecule has 0 saturated heterocycles. The Morgan fingerprint density at radius 3 is 2.44 bits per heavy atom. The quantitative estimate of drug-likeness (QED) is 0.703. The molecule has 0 aliphatic rings. The van der Waals surface area contributed by atoms with Gasteiger partial charge in [-0.25, -0.2) is 0 Å². The zero-order valence-electron chi connectivity index (χ0n) is 15.5. The number of methoxy groups -OCH3 is 1. The summed E-state index contributed by atoms with van der Waals surface area (Å²) in [6, 6.07) is 14.2. The summed E-state index contributed by atoms with van der Waals surface area (Å²) in [5.74, 6) is 2.65. The molecule has 0 saturated carbocycles. The minimum Gasteiger partial charge on any atom is -0.494 e. The van der Waals surface area contributed by atoms with Gasteiger partial charge in [-0.05, 0) is 55.6 Å². The molecule has 1 unspecified atom stereocenters. The number of hydrogen-bond donors (Lipinski definition) is 1. The molecule has 2 aromatic rings. The molecule has 0 bridgehead atoms. The van der Waals surface area contributed by atoms with E-state index < -0.39 is 0 Å². The Bertz CT molecular complexity index is 657. The highest BCUT2D eigenvalue weighted by atomic mass is 16.5. The third kappa shape index (κ3) is 5.13. The maximum atomic E-state index is 6.07. The molecule has 2 rings (SSSR count). The minimum absolute atomic E-state index is 0.190. The predicted octanol–water partition coefficient (Wildman–Crippen LogP) is 4.17. The zero-order chi connectivity index (χ0) is 18.1. The summed E-state index contributed by atoms with van der Waals surface area (Å²) in [6.45, 7) is 5.96. The first-order valence-electron chi connectivity index (χ1n) is 8.94. The van der Waals surface area contributed by atoms with E-state index in [1.807, 2.05) is 37.3 Å². The lowest BCUT2D eigenvalue weighted by Gasteiger charge is -2.20. The van der Waals surface area contributed by atoms with E-state index in [2.05, 4.69) is 19.1 Å². The summed E-state index contributed by atoms with van der Waals surface area (Å²) in [4.78, 5) is 0. The van der Waals surface area contributed by atoms with Gasteiger partial charge in [0.05, 0.1) is 20.3 Å². The van der Waals surface area contributed by atoms with E-state index in [4.69, 9.17) is 19.9 Å². The number of benzene rings is 2. The Kier molecular flexibility index (Phi) is 7.61. The predicted molar refractivity (Wildman–Crippen MR) is 102 cm³/mol. The average molecular weight is 343 g/mol. The van der Waals surface area contributed by atoms with E-state index in [1.165, 1.54) is 5.56 Å². The molecule has 1 atom stereocenters. The second-order valence-corrected chi connectivity index (χ2v) is 5.94. The van der Waals surface area contributed by atoms with Gasteiger partial charge in [0.1, 0.15) is 5.75 Å². The van der Waals surface area contributed by atoms with E-state index in [-0.39, 0.29) is 5.92 Å². The normalized spacial score (nSPS) is 11.8. The van der Waals surface area contributed by atoms with E-state index in [1.54, 1.807) is 7.11 Å². The summed E-state index contributed by atoms with van der Waals surface area (Å²) in [6.07, 6.45) is 1.79. The van der Waals surface area contributed by atoms with Crippen LogP contribution >= 0.6 is 0 Å². The fraction of sp³-hybridized carbons (Fsp3) is 0.429. The number of para-hydroxylation sites is 1. The summed E-state index contributed by atoms with van der Waals surface area (Å²) >= 11 is 0. The fourth-order valence-electron chi connectivity index (χ4n) is 2.88. The Morgan fingerprint density at radius 2 is 1.76 bits per heavy atom. The molecule has 25 heavy (non-hydrogen) atoms. The highest BCUT2D eigenvalue weighted by Crippen LogP contribution is 2.32. The van der Waals surface area contributed by atoms with Crippen LogP contribution < -0.4 is 19.9 Å². The van der Waals surface area contributed by atoms with E-state index >= 15 is 0 Å². The molecule has 0 spiro atoms. The molecule has 0 aromatic heterocycles. The smallest absolute Gasteiger partial charge is 0.161 e. The Morgan fingerprint density at radius 1 is 0.960 bits per heavy atom. The van der Waals surface area contributed by atoms with Crippen LogP contribution in [0.4, 0.5) is 0 Å². The summed E-state index contributed by atoms with van der Waals surface area (Å²) in [5, 5.41) is 0. The van der Waals surface area contributed by atoms with Crippen LogP contribution in [0.5, 0.6) is 17.2 Å². The number of ether oxygens (including phenoxy) is 3. The van der Waals surface area contributed by atoms with Gasteiger partial charge in [0.25, 0.3) is 0 Å². The van der Waals surface area contributed by atoms with Crippen molar-refractivity contribution in [1.29, 1.82) is 0 Å². The van der Waals surface area contributed by atoms with Crippen LogP contribution in [0.3, 0.4) is 0 Å². The van der Waals surface area contributed by atoms with Gasteiger partial charge in [-0.3, -0.25) is 0 Å². The van der Waals surface area contributed by atoms with Crippen molar-refractivity contribution in [2.45, 2.75) is 32.6 Å². The average Bonchev–Trinajstić information content (AvgIpc) is 2.65. The van der Waals surface area contributed by atoms with Gasteiger partial charge in [-0.2, -0.15) is 0 Å². The summed E-state index contributed by atoms with van der Waals surface area (Å²) < 4.78 is 17.0. The minimum atomic E-state index is 0.190. The van der Waals surface area contributed by atoms with Crippen LogP contribution in [0, 0.1) is 0 Å². The van der Waals surface area contributed by atoms with Crippen molar-refractivity contribution in [3.63, 3.8) is 0 Å². The van der Waals surface area contributed by atoms with Crippen LogP contribution in [0.25, 0.3) is 0 Å². The van der Waals surface area contributed by atoms with Gasteiger partial charge in [0, 0.05) is 5.92 Å². The van der Waals surface area contributed by atoms with E-state index in [9.17, 15) is 0 Å². The van der Waals surface area contributed by atoms with Gasteiger partial charge in [-0.1, -0.05) is 31.2 Å². The molecule has 136 valence electrons. The first-order valence-corrected chi connectivity index (χ1v) is 8.94. The lowest BCUT2D eigenvalue weighted by Crippen LogP contribution is -2.16. The van der Waals surface area contributed by atoms with Crippen LogP contribution in [-0.4, -0.2) is 26.9 Å². The fourth-order valence-corrected chi connectivity index (χ4v) is 2.88. The lowest BCUT2D eigenvalue weighted by molar-refractivity contribution is 0.294. The maximum absolute atomic E-state index is 6.07.